The van der Waals surface area contributed by atoms with Gasteiger partial charge in [-0.05, 0) is 56.2 Å². The average molecular weight is 403 g/mol. The van der Waals surface area contributed by atoms with Gasteiger partial charge in [0.15, 0.2) is 0 Å². The van der Waals surface area contributed by atoms with Crippen LogP contribution < -0.4 is 14.4 Å². The Hall–Kier alpha value is -2.80. The molecule has 28 heavy (non-hydrogen) atoms. The Morgan fingerprint density at radius 3 is 2.54 bits per heavy atom. The standard InChI is InChI=1S/C21H26N2O4S/c1-6-12-27-20-9-7-8-18(14-20)22-21(24)17(4)23(28(5,25)26)19-11-10-15(2)16(3)13-19/h6-11,13-14,17H,1,12H2,2-5H3,(H,22,24)/t17-/m0/s1. The summed E-state index contributed by atoms with van der Waals surface area (Å²) >= 11 is 0. The molecular weight excluding hydrogens is 376 g/mol. The number of nitrogens with one attached hydrogen (secondary N) is 1. The van der Waals surface area contributed by atoms with Gasteiger partial charge in [0.25, 0.3) is 0 Å². The lowest BCUT2D eigenvalue weighted by atomic mass is 10.1. The first-order valence-electron chi connectivity index (χ1n) is 8.84. The zero-order chi connectivity index (χ0) is 20.9. The summed E-state index contributed by atoms with van der Waals surface area (Å²) in [7, 11) is -3.67. The number of nitrogens with zero attached hydrogens (tertiary/aromatic N) is 1. The Kier molecular flexibility index (Phi) is 6.85. The van der Waals surface area contributed by atoms with E-state index in [2.05, 4.69) is 11.9 Å². The maximum absolute atomic E-state index is 12.8. The highest BCUT2D eigenvalue weighted by Crippen LogP contribution is 2.25. The summed E-state index contributed by atoms with van der Waals surface area (Å²) in [4.78, 5) is 12.8. The molecule has 0 unspecified atom stereocenters. The number of aryl methyl sites for hydroxylation is 2. The van der Waals surface area contributed by atoms with Crippen LogP contribution in [0.1, 0.15) is 18.1 Å². The molecule has 0 fully saturated rings. The minimum absolute atomic E-state index is 0.350. The minimum Gasteiger partial charge on any atom is -0.489 e. The lowest BCUT2D eigenvalue weighted by Crippen LogP contribution is -2.45. The quantitative estimate of drug-likeness (QED) is 0.684. The highest BCUT2D eigenvalue weighted by molar-refractivity contribution is 7.92. The lowest BCUT2D eigenvalue weighted by molar-refractivity contribution is -0.116. The van der Waals surface area contributed by atoms with Gasteiger partial charge in [0.05, 0.1) is 11.9 Å². The van der Waals surface area contributed by atoms with Crippen LogP contribution >= 0.6 is 0 Å². The fraction of sp³-hybridized carbons (Fsp3) is 0.286. The third-order valence-electron chi connectivity index (χ3n) is 4.30. The monoisotopic (exact) mass is 402 g/mol. The molecule has 0 aliphatic carbocycles. The minimum atomic E-state index is -3.67. The maximum Gasteiger partial charge on any atom is 0.247 e. The molecule has 0 aromatic heterocycles. The first kappa shape index (κ1) is 21.5. The van der Waals surface area contributed by atoms with Crippen LogP contribution in [0.25, 0.3) is 0 Å². The number of ether oxygens (including phenoxy) is 1. The number of hydrogen-bond acceptors (Lipinski definition) is 4. The summed E-state index contributed by atoms with van der Waals surface area (Å²) < 4.78 is 31.4. The highest BCUT2D eigenvalue weighted by Gasteiger charge is 2.29. The van der Waals surface area contributed by atoms with Crippen LogP contribution in [0.5, 0.6) is 5.75 Å². The zero-order valence-corrected chi connectivity index (χ0v) is 17.4. The molecule has 6 nitrogen and oxygen atoms in total. The van der Waals surface area contributed by atoms with Crippen molar-refractivity contribution in [1.82, 2.24) is 0 Å². The predicted octanol–water partition coefficient (Wildman–Crippen LogP) is 3.66. The third-order valence-corrected chi connectivity index (χ3v) is 5.54. The van der Waals surface area contributed by atoms with Crippen LogP contribution in [-0.2, 0) is 14.8 Å². The molecule has 0 spiro atoms. The second kappa shape index (κ2) is 8.93. The summed E-state index contributed by atoms with van der Waals surface area (Å²) in [5.74, 6) is 0.143. The van der Waals surface area contributed by atoms with Crippen molar-refractivity contribution in [2.24, 2.45) is 0 Å². The van der Waals surface area contributed by atoms with Crippen molar-refractivity contribution in [3.05, 3.63) is 66.2 Å². The number of carbonyl (C=O) groups is 1. The molecule has 1 N–H and O–H groups in total. The largest absolute Gasteiger partial charge is 0.489 e. The molecule has 0 heterocycles. The van der Waals surface area contributed by atoms with E-state index >= 15 is 0 Å². The molecule has 0 aliphatic rings. The Bertz CT molecular complexity index is 970. The SMILES string of the molecule is C=CCOc1cccc(NC(=O)[C@H](C)N(c2ccc(C)c(C)c2)S(C)(=O)=O)c1. The van der Waals surface area contributed by atoms with E-state index in [1.54, 1.807) is 49.4 Å². The average Bonchev–Trinajstić information content (AvgIpc) is 2.62. The van der Waals surface area contributed by atoms with E-state index < -0.39 is 22.0 Å². The Labute approximate surface area is 166 Å². The van der Waals surface area contributed by atoms with E-state index in [0.717, 1.165) is 21.7 Å². The Morgan fingerprint density at radius 1 is 1.21 bits per heavy atom. The van der Waals surface area contributed by atoms with E-state index in [1.807, 2.05) is 19.9 Å². The zero-order valence-electron chi connectivity index (χ0n) is 16.6. The van der Waals surface area contributed by atoms with Crippen LogP contribution in [-0.4, -0.2) is 33.2 Å². The fourth-order valence-electron chi connectivity index (χ4n) is 2.74. The predicted molar refractivity (Wildman–Crippen MR) is 113 cm³/mol. The maximum atomic E-state index is 12.8. The van der Waals surface area contributed by atoms with Gasteiger partial charge in [0, 0.05) is 11.8 Å². The van der Waals surface area contributed by atoms with Crippen molar-refractivity contribution in [3.63, 3.8) is 0 Å². The van der Waals surface area contributed by atoms with Crippen LogP contribution in [0, 0.1) is 13.8 Å². The lowest BCUT2D eigenvalue weighted by Gasteiger charge is -2.28. The van der Waals surface area contributed by atoms with E-state index in [1.165, 1.54) is 0 Å². The first-order valence-corrected chi connectivity index (χ1v) is 10.7. The normalized spacial score (nSPS) is 12.1. The van der Waals surface area contributed by atoms with Gasteiger partial charge in [-0.15, -0.1) is 0 Å². The van der Waals surface area contributed by atoms with Gasteiger partial charge in [-0.25, -0.2) is 8.42 Å². The molecule has 2 aromatic rings. The molecule has 1 amide bonds. The van der Waals surface area contributed by atoms with E-state index in [4.69, 9.17) is 4.74 Å². The fourth-order valence-corrected chi connectivity index (χ4v) is 3.90. The van der Waals surface area contributed by atoms with Gasteiger partial charge in [0.1, 0.15) is 18.4 Å². The summed E-state index contributed by atoms with van der Waals surface area (Å²) in [6, 6.07) is 11.3. The van der Waals surface area contributed by atoms with Crippen LogP contribution in [0.2, 0.25) is 0 Å². The summed E-state index contributed by atoms with van der Waals surface area (Å²) in [5.41, 5.74) is 2.97. The second-order valence-corrected chi connectivity index (χ2v) is 8.48. The van der Waals surface area contributed by atoms with Gasteiger partial charge in [-0.3, -0.25) is 9.10 Å². The van der Waals surface area contributed by atoms with Crippen LogP contribution in [0.3, 0.4) is 0 Å². The first-order chi connectivity index (χ1) is 13.1. The molecule has 0 aliphatic heterocycles. The van der Waals surface area contributed by atoms with Crippen molar-refractivity contribution >= 4 is 27.3 Å². The topological polar surface area (TPSA) is 75.7 Å². The van der Waals surface area contributed by atoms with Crippen molar-refractivity contribution in [1.29, 1.82) is 0 Å². The van der Waals surface area contributed by atoms with Gasteiger partial charge in [0.2, 0.25) is 15.9 Å². The number of amides is 1. The molecule has 7 heteroatoms. The molecule has 0 saturated heterocycles. The molecular formula is C21H26N2O4S. The number of benzene rings is 2. The molecule has 2 rings (SSSR count). The number of hydrogen-bond donors (Lipinski definition) is 1. The molecule has 1 atom stereocenters. The van der Waals surface area contributed by atoms with Crippen LogP contribution in [0.15, 0.2) is 55.1 Å². The van der Waals surface area contributed by atoms with E-state index in [9.17, 15) is 13.2 Å². The van der Waals surface area contributed by atoms with Crippen molar-refractivity contribution < 1.29 is 17.9 Å². The van der Waals surface area contributed by atoms with Crippen LogP contribution in [0.4, 0.5) is 11.4 Å². The van der Waals surface area contributed by atoms with Gasteiger partial charge < -0.3 is 10.1 Å². The number of anilines is 2. The van der Waals surface area contributed by atoms with Gasteiger partial charge in [-0.1, -0.05) is 24.8 Å². The number of rotatable bonds is 8. The van der Waals surface area contributed by atoms with E-state index in [0.29, 0.717) is 23.7 Å². The molecule has 150 valence electrons. The van der Waals surface area contributed by atoms with Crippen molar-refractivity contribution in [2.45, 2.75) is 26.8 Å². The Morgan fingerprint density at radius 2 is 1.93 bits per heavy atom. The van der Waals surface area contributed by atoms with Crippen molar-refractivity contribution in [3.8, 4) is 5.75 Å². The van der Waals surface area contributed by atoms with Gasteiger partial charge in [-0.2, -0.15) is 0 Å². The smallest absolute Gasteiger partial charge is 0.247 e. The summed E-state index contributed by atoms with van der Waals surface area (Å²) in [6.07, 6.45) is 2.72. The molecule has 2 aromatic carbocycles. The van der Waals surface area contributed by atoms with Gasteiger partial charge >= 0.3 is 0 Å². The number of sulfonamides is 1. The summed E-state index contributed by atoms with van der Waals surface area (Å²) in [5, 5.41) is 2.76. The van der Waals surface area contributed by atoms with E-state index in [-0.39, 0.29) is 0 Å². The second-order valence-electron chi connectivity index (χ2n) is 6.62. The molecule has 0 saturated carbocycles. The Balaban J connectivity index is 2.27. The summed E-state index contributed by atoms with van der Waals surface area (Å²) in [6.45, 7) is 9.35. The molecule has 0 bridgehead atoms. The number of carbonyl (C=O) groups excluding carboxylic acids is 1. The molecule has 0 radical (unpaired) electrons. The third kappa shape index (κ3) is 5.36. The van der Waals surface area contributed by atoms with Crippen molar-refractivity contribution in [2.75, 3.05) is 22.5 Å². The highest BCUT2D eigenvalue weighted by atomic mass is 32.2.